The molecule has 0 aromatic heterocycles. The van der Waals surface area contributed by atoms with Crippen molar-refractivity contribution in [2.75, 3.05) is 0 Å². The number of ketones is 1. The number of hydrogen-bond donors (Lipinski definition) is 0. The highest BCUT2D eigenvalue weighted by atomic mass is 79.9. The Morgan fingerprint density at radius 1 is 1.11 bits per heavy atom. The van der Waals surface area contributed by atoms with Crippen LogP contribution in [0.4, 0.5) is 5.69 Å². The number of carbonyl (C=O) groups is 1. The van der Waals surface area contributed by atoms with Gasteiger partial charge in [0.1, 0.15) is 0 Å². The molecular weight excluding hydrogens is 298 g/mol. The number of nitrogens with zero attached hydrogens (tertiary/aromatic N) is 1. The van der Waals surface area contributed by atoms with Crippen LogP contribution in [0.1, 0.15) is 15.9 Å². The fraction of sp³-hybridized carbons (Fsp3) is 0. The maximum absolute atomic E-state index is 12.2. The number of carbonyl (C=O) groups excluding carboxylic acids is 1. The van der Waals surface area contributed by atoms with Crippen LogP contribution in [0.3, 0.4) is 0 Å². The number of hydrogen-bond acceptors (Lipinski definition) is 3. The molecule has 0 N–H and O–H groups in total. The summed E-state index contributed by atoms with van der Waals surface area (Å²) < 4.78 is 0.668. The zero-order valence-corrected chi connectivity index (χ0v) is 10.8. The molecule has 0 heterocycles. The van der Waals surface area contributed by atoms with E-state index >= 15 is 0 Å². The topological polar surface area (TPSA) is 60.2 Å². The Hall–Kier alpha value is -2.01. The average molecular weight is 306 g/mol. The van der Waals surface area contributed by atoms with Gasteiger partial charge in [-0.2, -0.15) is 0 Å². The van der Waals surface area contributed by atoms with E-state index in [1.165, 1.54) is 18.2 Å². The van der Waals surface area contributed by atoms with Gasteiger partial charge in [0, 0.05) is 27.7 Å². The van der Waals surface area contributed by atoms with E-state index in [4.69, 9.17) is 0 Å². The Kier molecular flexibility index (Phi) is 3.53. The predicted molar refractivity (Wildman–Crippen MR) is 70.7 cm³/mol. The summed E-state index contributed by atoms with van der Waals surface area (Å²) >= 11 is 3.29. The third-order valence-electron chi connectivity index (χ3n) is 2.44. The van der Waals surface area contributed by atoms with Crippen molar-refractivity contribution in [3.63, 3.8) is 0 Å². The summed E-state index contributed by atoms with van der Waals surface area (Å²) in [6, 6.07) is 12.7. The second-order valence-electron chi connectivity index (χ2n) is 3.62. The summed E-state index contributed by atoms with van der Waals surface area (Å²) in [4.78, 5) is 22.3. The smallest absolute Gasteiger partial charge is 0.270 e. The molecule has 90 valence electrons. The summed E-state index contributed by atoms with van der Waals surface area (Å²) in [5, 5.41) is 10.7. The van der Waals surface area contributed by atoms with Crippen LogP contribution in [0.25, 0.3) is 0 Å². The minimum absolute atomic E-state index is 0.0899. The molecule has 0 aliphatic heterocycles. The highest BCUT2D eigenvalue weighted by Crippen LogP contribution is 2.21. The molecule has 0 saturated carbocycles. The van der Waals surface area contributed by atoms with E-state index in [9.17, 15) is 14.9 Å². The zero-order valence-electron chi connectivity index (χ0n) is 9.17. The molecule has 0 unspecified atom stereocenters. The van der Waals surface area contributed by atoms with Crippen LogP contribution in [-0.2, 0) is 0 Å². The molecule has 0 saturated heterocycles. The molecule has 0 amide bonds. The summed E-state index contributed by atoms with van der Waals surface area (Å²) in [6.07, 6.45) is 0. The van der Waals surface area contributed by atoms with Gasteiger partial charge in [0.05, 0.1) is 4.92 Å². The maximum Gasteiger partial charge on any atom is 0.270 e. The lowest BCUT2D eigenvalue weighted by atomic mass is 10.0. The Morgan fingerprint density at radius 2 is 1.83 bits per heavy atom. The lowest BCUT2D eigenvalue weighted by Crippen LogP contribution is -2.02. The van der Waals surface area contributed by atoms with Crippen molar-refractivity contribution in [2.24, 2.45) is 0 Å². The number of rotatable bonds is 3. The van der Waals surface area contributed by atoms with Gasteiger partial charge in [-0.05, 0) is 12.1 Å². The third kappa shape index (κ3) is 2.46. The molecule has 0 aliphatic carbocycles. The maximum atomic E-state index is 12.2. The Morgan fingerprint density at radius 3 is 2.50 bits per heavy atom. The minimum atomic E-state index is -0.517. The SMILES string of the molecule is O=C(c1cccc([N+](=O)[O-])c1)c1ccccc1Br. The highest BCUT2D eigenvalue weighted by Gasteiger charge is 2.15. The first-order valence-corrected chi connectivity index (χ1v) is 5.92. The zero-order chi connectivity index (χ0) is 13.1. The number of benzene rings is 2. The van der Waals surface area contributed by atoms with E-state index in [1.54, 1.807) is 30.3 Å². The van der Waals surface area contributed by atoms with Gasteiger partial charge in [0.15, 0.2) is 5.78 Å². The predicted octanol–water partition coefficient (Wildman–Crippen LogP) is 3.59. The highest BCUT2D eigenvalue weighted by molar-refractivity contribution is 9.10. The van der Waals surface area contributed by atoms with E-state index in [2.05, 4.69) is 15.9 Å². The van der Waals surface area contributed by atoms with Crippen LogP contribution >= 0.6 is 15.9 Å². The van der Waals surface area contributed by atoms with Crippen LogP contribution in [0.15, 0.2) is 53.0 Å². The van der Waals surface area contributed by atoms with Crippen molar-refractivity contribution in [3.8, 4) is 0 Å². The molecular formula is C13H8BrNO3. The van der Waals surface area contributed by atoms with Crippen LogP contribution in [0.2, 0.25) is 0 Å². The van der Waals surface area contributed by atoms with Gasteiger partial charge in [-0.3, -0.25) is 14.9 Å². The number of halogens is 1. The molecule has 2 aromatic carbocycles. The fourth-order valence-corrected chi connectivity index (χ4v) is 2.03. The lowest BCUT2D eigenvalue weighted by molar-refractivity contribution is -0.384. The van der Waals surface area contributed by atoms with Gasteiger partial charge >= 0.3 is 0 Å². The van der Waals surface area contributed by atoms with Gasteiger partial charge in [-0.15, -0.1) is 0 Å². The Balaban J connectivity index is 2.44. The number of nitro groups is 1. The lowest BCUT2D eigenvalue weighted by Gasteiger charge is -2.03. The van der Waals surface area contributed by atoms with Gasteiger partial charge in [-0.1, -0.05) is 40.2 Å². The van der Waals surface area contributed by atoms with Crippen molar-refractivity contribution < 1.29 is 9.72 Å². The standard InChI is InChI=1S/C13H8BrNO3/c14-12-7-2-1-6-11(12)13(16)9-4-3-5-10(8-9)15(17)18/h1-8H. The van der Waals surface area contributed by atoms with Crippen LogP contribution in [0.5, 0.6) is 0 Å². The van der Waals surface area contributed by atoms with Gasteiger partial charge < -0.3 is 0 Å². The Labute approximate surface area is 112 Å². The van der Waals surface area contributed by atoms with E-state index < -0.39 is 4.92 Å². The summed E-state index contributed by atoms with van der Waals surface area (Å²) in [6.45, 7) is 0. The van der Waals surface area contributed by atoms with Crippen molar-refractivity contribution in [3.05, 3.63) is 74.2 Å². The monoisotopic (exact) mass is 305 g/mol. The summed E-state index contributed by atoms with van der Waals surface area (Å²) in [7, 11) is 0. The van der Waals surface area contributed by atoms with E-state index in [0.29, 0.717) is 15.6 Å². The summed E-state index contributed by atoms with van der Waals surface area (Å²) in [5.74, 6) is -0.244. The van der Waals surface area contributed by atoms with E-state index in [1.807, 2.05) is 0 Å². The van der Waals surface area contributed by atoms with E-state index in [-0.39, 0.29) is 11.5 Å². The first kappa shape index (κ1) is 12.4. The second kappa shape index (κ2) is 5.10. The van der Waals surface area contributed by atoms with E-state index in [0.717, 1.165) is 0 Å². The molecule has 0 radical (unpaired) electrons. The quantitative estimate of drug-likeness (QED) is 0.494. The largest absolute Gasteiger partial charge is 0.289 e. The van der Waals surface area contributed by atoms with Gasteiger partial charge in [0.25, 0.3) is 5.69 Å². The van der Waals surface area contributed by atoms with Crippen molar-refractivity contribution in [1.29, 1.82) is 0 Å². The molecule has 0 aliphatic rings. The summed E-state index contributed by atoms with van der Waals surface area (Å²) in [5.41, 5.74) is 0.696. The van der Waals surface area contributed by atoms with Crippen molar-refractivity contribution >= 4 is 27.4 Å². The molecule has 0 bridgehead atoms. The molecule has 5 heteroatoms. The van der Waals surface area contributed by atoms with Gasteiger partial charge in [0.2, 0.25) is 0 Å². The van der Waals surface area contributed by atoms with Gasteiger partial charge in [-0.25, -0.2) is 0 Å². The molecule has 0 atom stereocenters. The van der Waals surface area contributed by atoms with Crippen LogP contribution in [-0.4, -0.2) is 10.7 Å². The van der Waals surface area contributed by atoms with Crippen molar-refractivity contribution in [2.45, 2.75) is 0 Å². The number of nitro benzene ring substituents is 1. The molecule has 0 fully saturated rings. The third-order valence-corrected chi connectivity index (χ3v) is 3.13. The first-order chi connectivity index (χ1) is 8.59. The normalized spacial score (nSPS) is 10.1. The molecule has 2 rings (SSSR count). The molecule has 18 heavy (non-hydrogen) atoms. The molecule has 0 spiro atoms. The fourth-order valence-electron chi connectivity index (χ4n) is 1.56. The Bertz CT molecular complexity index is 625. The average Bonchev–Trinajstić information content (AvgIpc) is 2.38. The molecule has 2 aromatic rings. The van der Waals surface area contributed by atoms with Crippen LogP contribution < -0.4 is 0 Å². The number of non-ortho nitro benzene ring substituents is 1. The van der Waals surface area contributed by atoms with Crippen molar-refractivity contribution in [1.82, 2.24) is 0 Å². The van der Waals surface area contributed by atoms with Crippen LogP contribution in [0, 0.1) is 10.1 Å². The molecule has 4 nitrogen and oxygen atoms in total. The minimum Gasteiger partial charge on any atom is -0.289 e. The second-order valence-corrected chi connectivity index (χ2v) is 4.47. The first-order valence-electron chi connectivity index (χ1n) is 5.13.